The summed E-state index contributed by atoms with van der Waals surface area (Å²) in [5.41, 5.74) is 1.08. The quantitative estimate of drug-likeness (QED) is 0.525. The Morgan fingerprint density at radius 2 is 2.05 bits per heavy atom. The fourth-order valence-corrected chi connectivity index (χ4v) is 3.04. The van der Waals surface area contributed by atoms with Gasteiger partial charge in [-0.25, -0.2) is 0 Å². The highest BCUT2D eigenvalue weighted by molar-refractivity contribution is 5.81. The number of ether oxygens (including phenoxy) is 2. The van der Waals surface area contributed by atoms with Gasteiger partial charge in [0.2, 0.25) is 0 Å². The highest BCUT2D eigenvalue weighted by Gasteiger charge is 2.46. The molecular weight excluding hydrogens is 268 g/mol. The molecule has 1 aromatic rings. The number of methoxy groups -OCH3 is 1. The predicted molar refractivity (Wildman–Crippen MR) is 80.2 cm³/mol. The molecule has 114 valence electrons. The smallest absolute Gasteiger partial charge is 0.323 e. The van der Waals surface area contributed by atoms with Crippen LogP contribution < -0.4 is 0 Å². The van der Waals surface area contributed by atoms with Gasteiger partial charge in [-0.2, -0.15) is 0 Å². The van der Waals surface area contributed by atoms with E-state index in [-0.39, 0.29) is 29.9 Å². The molecule has 1 heterocycles. The van der Waals surface area contributed by atoms with E-state index in [4.69, 9.17) is 14.9 Å². The van der Waals surface area contributed by atoms with Gasteiger partial charge < -0.3 is 9.47 Å². The number of likely N-dealkylation sites (tertiary alicyclic amines) is 1. The number of nitrogens with zero attached hydrogens (tertiary/aromatic N) is 1. The molecule has 1 aliphatic heterocycles. The third-order valence-electron chi connectivity index (χ3n) is 4.04. The highest BCUT2D eigenvalue weighted by atomic mass is 16.5. The molecule has 1 saturated heterocycles. The number of hydrogen-bond donors (Lipinski definition) is 1. The number of hydrogen-bond acceptors (Lipinski definition) is 5. The molecule has 0 saturated carbocycles. The van der Waals surface area contributed by atoms with E-state index in [2.05, 4.69) is 0 Å². The lowest BCUT2D eigenvalue weighted by Crippen LogP contribution is -2.35. The Balaban J connectivity index is 2.32. The zero-order valence-electron chi connectivity index (χ0n) is 12.7. The highest BCUT2D eigenvalue weighted by Crippen LogP contribution is 2.40. The molecule has 0 radical (unpaired) electrons. The summed E-state index contributed by atoms with van der Waals surface area (Å²) in [7, 11) is 3.30. The van der Waals surface area contributed by atoms with E-state index in [9.17, 15) is 4.79 Å². The van der Waals surface area contributed by atoms with Crippen LogP contribution in [0.3, 0.4) is 0 Å². The molecule has 21 heavy (non-hydrogen) atoms. The molecule has 0 aliphatic carbocycles. The van der Waals surface area contributed by atoms with Gasteiger partial charge in [-0.05, 0) is 26.0 Å². The van der Waals surface area contributed by atoms with Crippen LogP contribution in [0.1, 0.15) is 24.9 Å². The standard InChI is InChI=1S/C16H22N2O3/c1-4-21-15(17)12-10-13(16(19)20-3)18(2)14(12)11-8-6-5-7-9-11/h5-9,12-14,17H,4,10H2,1-3H3. The normalized spacial score (nSPS) is 25.6. The zero-order valence-corrected chi connectivity index (χ0v) is 12.7. The Labute approximate surface area is 125 Å². The minimum atomic E-state index is -0.342. The number of rotatable bonds is 4. The Morgan fingerprint density at radius 1 is 1.38 bits per heavy atom. The maximum absolute atomic E-state index is 12.0. The first-order chi connectivity index (χ1) is 10.1. The van der Waals surface area contributed by atoms with Crippen molar-refractivity contribution in [2.75, 3.05) is 20.8 Å². The van der Waals surface area contributed by atoms with Crippen molar-refractivity contribution >= 4 is 11.9 Å². The fraction of sp³-hybridized carbons (Fsp3) is 0.500. The summed E-state index contributed by atoms with van der Waals surface area (Å²) >= 11 is 0. The second-order valence-corrected chi connectivity index (χ2v) is 5.20. The Hall–Kier alpha value is -1.88. The lowest BCUT2D eigenvalue weighted by atomic mass is 9.93. The summed E-state index contributed by atoms with van der Waals surface area (Å²) in [5, 5.41) is 8.14. The maximum atomic E-state index is 12.0. The van der Waals surface area contributed by atoms with Gasteiger partial charge in [0.05, 0.1) is 19.6 Å². The molecule has 1 aromatic carbocycles. The summed E-state index contributed by atoms with van der Waals surface area (Å²) in [6, 6.07) is 9.55. The van der Waals surface area contributed by atoms with Crippen molar-refractivity contribution in [2.45, 2.75) is 25.4 Å². The van der Waals surface area contributed by atoms with E-state index in [0.717, 1.165) is 5.56 Å². The third kappa shape index (κ3) is 3.08. The first-order valence-corrected chi connectivity index (χ1v) is 7.16. The summed E-state index contributed by atoms with van der Waals surface area (Å²) in [5.74, 6) is -0.156. The van der Waals surface area contributed by atoms with Gasteiger partial charge in [0.15, 0.2) is 5.90 Å². The van der Waals surface area contributed by atoms with Crippen molar-refractivity contribution in [1.82, 2.24) is 4.90 Å². The third-order valence-corrected chi connectivity index (χ3v) is 4.04. The lowest BCUT2D eigenvalue weighted by Gasteiger charge is -2.27. The van der Waals surface area contributed by atoms with Crippen molar-refractivity contribution < 1.29 is 14.3 Å². The van der Waals surface area contributed by atoms with E-state index in [1.807, 2.05) is 49.2 Å². The van der Waals surface area contributed by atoms with E-state index >= 15 is 0 Å². The van der Waals surface area contributed by atoms with E-state index in [1.165, 1.54) is 7.11 Å². The molecule has 3 unspecified atom stereocenters. The SMILES string of the molecule is CCOC(=N)C1CC(C(=O)OC)N(C)C1c1ccccc1. The van der Waals surface area contributed by atoms with Crippen LogP contribution in [0.5, 0.6) is 0 Å². The monoisotopic (exact) mass is 290 g/mol. The number of carbonyl (C=O) groups excluding carboxylic acids is 1. The average Bonchev–Trinajstić information content (AvgIpc) is 2.85. The largest absolute Gasteiger partial charge is 0.481 e. The van der Waals surface area contributed by atoms with Gasteiger partial charge in [0.25, 0.3) is 0 Å². The molecule has 3 atom stereocenters. The molecule has 0 aromatic heterocycles. The molecule has 0 spiro atoms. The summed E-state index contributed by atoms with van der Waals surface area (Å²) in [4.78, 5) is 13.9. The van der Waals surface area contributed by atoms with Gasteiger partial charge in [0.1, 0.15) is 6.04 Å². The van der Waals surface area contributed by atoms with Crippen LogP contribution >= 0.6 is 0 Å². The van der Waals surface area contributed by atoms with Crippen molar-refractivity contribution in [2.24, 2.45) is 5.92 Å². The minimum absolute atomic E-state index is 0.0469. The first-order valence-electron chi connectivity index (χ1n) is 7.16. The van der Waals surface area contributed by atoms with Gasteiger partial charge in [-0.3, -0.25) is 15.1 Å². The van der Waals surface area contributed by atoms with E-state index in [0.29, 0.717) is 13.0 Å². The molecule has 1 fully saturated rings. The number of esters is 1. The fourth-order valence-electron chi connectivity index (χ4n) is 3.04. The molecule has 1 aliphatic rings. The number of likely N-dealkylation sites (N-methyl/N-ethyl adjacent to an activating group) is 1. The van der Waals surface area contributed by atoms with Crippen LogP contribution in [0.4, 0.5) is 0 Å². The second-order valence-electron chi connectivity index (χ2n) is 5.20. The molecule has 2 rings (SSSR count). The van der Waals surface area contributed by atoms with Crippen molar-refractivity contribution in [1.29, 1.82) is 5.41 Å². The van der Waals surface area contributed by atoms with E-state index < -0.39 is 0 Å². The molecule has 0 bridgehead atoms. The van der Waals surface area contributed by atoms with Crippen molar-refractivity contribution in [3.05, 3.63) is 35.9 Å². The summed E-state index contributed by atoms with van der Waals surface area (Å²) in [6.45, 7) is 2.33. The second kappa shape index (κ2) is 6.72. The lowest BCUT2D eigenvalue weighted by molar-refractivity contribution is -0.145. The van der Waals surface area contributed by atoms with Gasteiger partial charge in [0, 0.05) is 6.04 Å². The number of carbonyl (C=O) groups is 1. The molecule has 1 N–H and O–H groups in total. The summed E-state index contributed by atoms with van der Waals surface area (Å²) in [6.07, 6.45) is 0.543. The van der Waals surface area contributed by atoms with Crippen LogP contribution in [-0.2, 0) is 14.3 Å². The number of nitrogens with one attached hydrogen (secondary N) is 1. The maximum Gasteiger partial charge on any atom is 0.323 e. The van der Waals surface area contributed by atoms with Crippen LogP contribution in [0.2, 0.25) is 0 Å². The van der Waals surface area contributed by atoms with Crippen molar-refractivity contribution in [3.8, 4) is 0 Å². The molecule has 5 nitrogen and oxygen atoms in total. The Morgan fingerprint density at radius 3 is 2.62 bits per heavy atom. The van der Waals surface area contributed by atoms with Crippen molar-refractivity contribution in [3.63, 3.8) is 0 Å². The topological polar surface area (TPSA) is 62.6 Å². The van der Waals surface area contributed by atoms with Crippen LogP contribution in [0, 0.1) is 11.3 Å². The van der Waals surface area contributed by atoms with Gasteiger partial charge in [-0.15, -0.1) is 0 Å². The first kappa shape index (κ1) is 15.5. The Kier molecular flexibility index (Phi) is 4.96. The Bertz CT molecular complexity index is 504. The molecular formula is C16H22N2O3. The predicted octanol–water partition coefficient (Wildman–Crippen LogP) is 2.23. The summed E-state index contributed by atoms with van der Waals surface area (Å²) < 4.78 is 10.3. The number of benzene rings is 1. The van der Waals surface area contributed by atoms with Crippen LogP contribution in [-0.4, -0.2) is 43.6 Å². The van der Waals surface area contributed by atoms with Gasteiger partial charge >= 0.3 is 5.97 Å². The molecule has 0 amide bonds. The average molecular weight is 290 g/mol. The van der Waals surface area contributed by atoms with Crippen LogP contribution in [0.25, 0.3) is 0 Å². The zero-order chi connectivity index (χ0) is 15.4. The minimum Gasteiger partial charge on any atom is -0.481 e. The van der Waals surface area contributed by atoms with Gasteiger partial charge in [-0.1, -0.05) is 30.3 Å². The van der Waals surface area contributed by atoms with E-state index in [1.54, 1.807) is 0 Å². The van der Waals surface area contributed by atoms with Crippen LogP contribution in [0.15, 0.2) is 30.3 Å². The molecule has 5 heteroatoms.